The van der Waals surface area contributed by atoms with Gasteiger partial charge in [-0.05, 0) is 30.7 Å². The predicted molar refractivity (Wildman–Crippen MR) is 135 cm³/mol. The van der Waals surface area contributed by atoms with Crippen LogP contribution in [0.2, 0.25) is 0 Å². The highest BCUT2D eigenvalue weighted by Crippen LogP contribution is 2.24. The third-order valence-corrected chi connectivity index (χ3v) is 5.08. The van der Waals surface area contributed by atoms with Crippen LogP contribution >= 0.6 is 24.0 Å². The number of guanidine groups is 1. The van der Waals surface area contributed by atoms with Crippen molar-refractivity contribution in [1.82, 2.24) is 15.6 Å². The second kappa shape index (κ2) is 11.9. The van der Waals surface area contributed by atoms with Crippen molar-refractivity contribution in [3.05, 3.63) is 71.6 Å². The van der Waals surface area contributed by atoms with Gasteiger partial charge in [-0.2, -0.15) is 0 Å². The predicted octanol–water partition coefficient (Wildman–Crippen LogP) is 4.30. The molecule has 2 N–H and O–H groups in total. The molecule has 1 aromatic heterocycles. The highest BCUT2D eigenvalue weighted by Gasteiger charge is 2.19. The number of halogens is 1. The summed E-state index contributed by atoms with van der Waals surface area (Å²) in [7, 11) is 1.75. The molecule has 7 nitrogen and oxygen atoms in total. The molecule has 0 bridgehead atoms. The first-order valence-electron chi connectivity index (χ1n) is 10.5. The standard InChI is InChI=1S/C24H28N4O3.HI/c1-17-8-9-19(22(12-17)31-21-10-11-29-16-21)13-26-24(25-2)27-14-20-15-30-23(28-20)18-6-4-3-5-7-18;/h3-9,12,15,21H,10-11,13-14,16H2,1-2H3,(H2,25,26,27);1H. The molecular formula is C24H29IN4O3. The van der Waals surface area contributed by atoms with Gasteiger partial charge in [-0.1, -0.05) is 30.3 Å². The summed E-state index contributed by atoms with van der Waals surface area (Å²) in [4.78, 5) is 8.85. The molecule has 0 saturated carbocycles. The van der Waals surface area contributed by atoms with Crippen LogP contribution in [0.1, 0.15) is 23.2 Å². The molecule has 0 amide bonds. The Labute approximate surface area is 205 Å². The van der Waals surface area contributed by atoms with Crippen LogP contribution in [-0.4, -0.2) is 37.3 Å². The van der Waals surface area contributed by atoms with Crippen molar-refractivity contribution < 1.29 is 13.9 Å². The van der Waals surface area contributed by atoms with E-state index < -0.39 is 0 Å². The molecule has 1 aliphatic rings. The Hall–Kier alpha value is -2.59. The monoisotopic (exact) mass is 548 g/mol. The second-order valence-corrected chi connectivity index (χ2v) is 7.50. The average molecular weight is 548 g/mol. The van der Waals surface area contributed by atoms with Crippen LogP contribution in [0.5, 0.6) is 5.75 Å². The zero-order valence-electron chi connectivity index (χ0n) is 18.3. The summed E-state index contributed by atoms with van der Waals surface area (Å²) < 4.78 is 17.2. The number of nitrogens with zero attached hydrogens (tertiary/aromatic N) is 2. The number of ether oxygens (including phenoxy) is 2. The van der Waals surface area contributed by atoms with Gasteiger partial charge in [0.2, 0.25) is 5.89 Å². The largest absolute Gasteiger partial charge is 0.488 e. The zero-order chi connectivity index (χ0) is 21.5. The van der Waals surface area contributed by atoms with Crippen molar-refractivity contribution in [3.8, 4) is 17.2 Å². The second-order valence-electron chi connectivity index (χ2n) is 7.50. The summed E-state index contributed by atoms with van der Waals surface area (Å²) >= 11 is 0. The summed E-state index contributed by atoms with van der Waals surface area (Å²) in [5.74, 6) is 2.18. The van der Waals surface area contributed by atoms with Gasteiger partial charge in [0.25, 0.3) is 0 Å². The molecule has 1 unspecified atom stereocenters. The summed E-state index contributed by atoms with van der Waals surface area (Å²) in [5.41, 5.74) is 4.01. The molecule has 0 radical (unpaired) electrons. The molecule has 1 fully saturated rings. The Kier molecular flexibility index (Phi) is 8.92. The van der Waals surface area contributed by atoms with Crippen molar-refractivity contribution in [3.63, 3.8) is 0 Å². The normalized spacial score (nSPS) is 15.8. The van der Waals surface area contributed by atoms with Crippen LogP contribution in [0.15, 0.2) is 64.2 Å². The minimum atomic E-state index is 0. The third-order valence-electron chi connectivity index (χ3n) is 5.08. The average Bonchev–Trinajstić information content (AvgIpc) is 3.48. The maximum atomic E-state index is 6.18. The lowest BCUT2D eigenvalue weighted by Crippen LogP contribution is -2.36. The van der Waals surface area contributed by atoms with Gasteiger partial charge >= 0.3 is 0 Å². The number of aliphatic imine (C=N–C) groups is 1. The maximum absolute atomic E-state index is 6.18. The molecule has 1 saturated heterocycles. The lowest BCUT2D eigenvalue weighted by atomic mass is 10.1. The van der Waals surface area contributed by atoms with Gasteiger partial charge in [-0.15, -0.1) is 24.0 Å². The summed E-state index contributed by atoms with van der Waals surface area (Å²) in [6, 6.07) is 16.1. The molecule has 4 rings (SSSR count). The van der Waals surface area contributed by atoms with E-state index in [0.717, 1.165) is 35.6 Å². The van der Waals surface area contributed by atoms with Crippen molar-refractivity contribution in [2.75, 3.05) is 20.3 Å². The van der Waals surface area contributed by atoms with E-state index in [1.54, 1.807) is 13.3 Å². The smallest absolute Gasteiger partial charge is 0.226 e. The summed E-state index contributed by atoms with van der Waals surface area (Å²) in [5, 5.41) is 6.63. The van der Waals surface area contributed by atoms with Crippen LogP contribution in [0.4, 0.5) is 0 Å². The Bertz CT molecular complexity index is 1020. The first-order valence-corrected chi connectivity index (χ1v) is 10.5. The van der Waals surface area contributed by atoms with Crippen molar-refractivity contribution in [2.24, 2.45) is 4.99 Å². The number of benzene rings is 2. The topological polar surface area (TPSA) is 80.9 Å². The third kappa shape index (κ3) is 6.46. The van der Waals surface area contributed by atoms with Crippen LogP contribution < -0.4 is 15.4 Å². The number of rotatable bonds is 7. The van der Waals surface area contributed by atoms with Crippen LogP contribution in [0, 0.1) is 6.92 Å². The van der Waals surface area contributed by atoms with E-state index in [2.05, 4.69) is 45.7 Å². The van der Waals surface area contributed by atoms with Gasteiger partial charge in [-0.25, -0.2) is 4.98 Å². The fourth-order valence-electron chi connectivity index (χ4n) is 3.38. The molecule has 2 heterocycles. The number of hydrogen-bond acceptors (Lipinski definition) is 5. The van der Waals surface area contributed by atoms with Crippen molar-refractivity contribution in [1.29, 1.82) is 0 Å². The highest BCUT2D eigenvalue weighted by atomic mass is 127. The van der Waals surface area contributed by atoms with Crippen LogP contribution in [0.25, 0.3) is 11.5 Å². The zero-order valence-corrected chi connectivity index (χ0v) is 20.7. The van der Waals surface area contributed by atoms with E-state index in [1.807, 2.05) is 30.3 Å². The number of aromatic nitrogens is 1. The van der Waals surface area contributed by atoms with E-state index >= 15 is 0 Å². The first-order chi connectivity index (χ1) is 15.2. The van der Waals surface area contributed by atoms with Gasteiger partial charge in [0.05, 0.1) is 25.5 Å². The molecule has 0 aliphatic carbocycles. The maximum Gasteiger partial charge on any atom is 0.226 e. The lowest BCUT2D eigenvalue weighted by Gasteiger charge is -2.18. The summed E-state index contributed by atoms with van der Waals surface area (Å²) in [6.07, 6.45) is 2.70. The Morgan fingerprint density at radius 1 is 1.16 bits per heavy atom. The van der Waals surface area contributed by atoms with E-state index in [1.165, 1.54) is 5.56 Å². The van der Waals surface area contributed by atoms with Gasteiger partial charge in [0.1, 0.15) is 18.1 Å². The Morgan fingerprint density at radius 3 is 2.72 bits per heavy atom. The molecule has 0 spiro atoms. The van der Waals surface area contributed by atoms with E-state index in [0.29, 0.717) is 31.5 Å². The molecule has 2 aromatic carbocycles. The highest BCUT2D eigenvalue weighted by molar-refractivity contribution is 14.0. The molecule has 170 valence electrons. The molecule has 1 aliphatic heterocycles. The van der Waals surface area contributed by atoms with Gasteiger partial charge < -0.3 is 24.5 Å². The van der Waals surface area contributed by atoms with Crippen molar-refractivity contribution >= 4 is 29.9 Å². The van der Waals surface area contributed by atoms with Crippen LogP contribution in [-0.2, 0) is 17.8 Å². The SMILES string of the molecule is CN=C(NCc1coc(-c2ccccc2)n1)NCc1ccc(C)cc1OC1CCOC1.I. The molecule has 3 aromatic rings. The van der Waals surface area contributed by atoms with Crippen LogP contribution in [0.3, 0.4) is 0 Å². The number of aryl methyl sites for hydroxylation is 1. The van der Waals surface area contributed by atoms with E-state index in [9.17, 15) is 0 Å². The number of oxazole rings is 1. The molecule has 1 atom stereocenters. The Morgan fingerprint density at radius 2 is 1.97 bits per heavy atom. The number of hydrogen-bond donors (Lipinski definition) is 2. The quantitative estimate of drug-likeness (QED) is 0.261. The first kappa shape index (κ1) is 24.1. The van der Waals surface area contributed by atoms with Gasteiger partial charge in [-0.3, -0.25) is 4.99 Å². The van der Waals surface area contributed by atoms with E-state index in [-0.39, 0.29) is 30.1 Å². The van der Waals surface area contributed by atoms with Gasteiger partial charge in [0, 0.05) is 31.1 Å². The summed E-state index contributed by atoms with van der Waals surface area (Å²) in [6.45, 7) is 4.57. The van der Waals surface area contributed by atoms with Crippen molar-refractivity contribution in [2.45, 2.75) is 32.5 Å². The van der Waals surface area contributed by atoms with Gasteiger partial charge in [0.15, 0.2) is 5.96 Å². The minimum absolute atomic E-state index is 0. The fourth-order valence-corrected chi connectivity index (χ4v) is 3.38. The molecular weight excluding hydrogens is 519 g/mol. The Balaban J connectivity index is 0.00000289. The number of nitrogens with one attached hydrogen (secondary N) is 2. The minimum Gasteiger partial charge on any atom is -0.488 e. The van der Waals surface area contributed by atoms with E-state index in [4.69, 9.17) is 13.9 Å². The molecule has 32 heavy (non-hydrogen) atoms. The molecule has 8 heteroatoms. The lowest BCUT2D eigenvalue weighted by molar-refractivity contribution is 0.140. The fraction of sp³-hybridized carbons (Fsp3) is 0.333.